The molecule has 1 amide bonds. The van der Waals surface area contributed by atoms with Crippen molar-refractivity contribution in [2.24, 2.45) is 5.41 Å². The predicted octanol–water partition coefficient (Wildman–Crippen LogP) is 5.75. The van der Waals surface area contributed by atoms with E-state index in [9.17, 15) is 13.2 Å². The van der Waals surface area contributed by atoms with Gasteiger partial charge in [-0.3, -0.25) is 10.2 Å². The zero-order valence-corrected chi connectivity index (χ0v) is 28.1. The Hall–Kier alpha value is -3.38. The SMILES string of the molecule is CN/C=C(/Nc1nc(Nc2cc(C)c(C3CCN(C(=O)C(C)(C)C)CC3)cc2OC2CC2)ncc1Cl)C(=N)S(=O)(=O)C(C)C. The minimum atomic E-state index is -3.86. The third kappa shape index (κ3) is 7.82. The van der Waals surface area contributed by atoms with Gasteiger partial charge in [-0.1, -0.05) is 32.4 Å². The number of rotatable bonds is 10. The van der Waals surface area contributed by atoms with Crippen LogP contribution in [0, 0.1) is 17.7 Å². The van der Waals surface area contributed by atoms with Crippen molar-refractivity contribution in [3.8, 4) is 5.75 Å². The Labute approximate surface area is 265 Å². The van der Waals surface area contributed by atoms with Gasteiger partial charge in [-0.15, -0.1) is 0 Å². The summed E-state index contributed by atoms with van der Waals surface area (Å²) in [4.78, 5) is 23.6. The van der Waals surface area contributed by atoms with E-state index < -0.39 is 25.5 Å². The molecule has 2 aromatic rings. The second kappa shape index (κ2) is 13.3. The van der Waals surface area contributed by atoms with Gasteiger partial charge < -0.3 is 25.6 Å². The van der Waals surface area contributed by atoms with Crippen LogP contribution in [0.5, 0.6) is 5.75 Å². The lowest BCUT2D eigenvalue weighted by Gasteiger charge is -2.36. The minimum Gasteiger partial charge on any atom is -0.488 e. The molecule has 1 aromatic heterocycles. The molecule has 1 aliphatic heterocycles. The van der Waals surface area contributed by atoms with E-state index in [0.29, 0.717) is 17.4 Å². The van der Waals surface area contributed by atoms with Gasteiger partial charge >= 0.3 is 0 Å². The van der Waals surface area contributed by atoms with Crippen LogP contribution in [0.25, 0.3) is 0 Å². The van der Waals surface area contributed by atoms with Crippen molar-refractivity contribution in [3.05, 3.63) is 46.4 Å². The number of carbonyl (C=O) groups is 1. The van der Waals surface area contributed by atoms with Crippen molar-refractivity contribution in [1.82, 2.24) is 20.2 Å². The monoisotopic (exact) mass is 645 g/mol. The van der Waals surface area contributed by atoms with Gasteiger partial charge in [-0.25, -0.2) is 13.4 Å². The van der Waals surface area contributed by atoms with Crippen LogP contribution in [0.4, 0.5) is 17.5 Å². The minimum absolute atomic E-state index is 0.000880. The average Bonchev–Trinajstić information content (AvgIpc) is 3.78. The Balaban J connectivity index is 1.58. The Morgan fingerprint density at radius 1 is 1.18 bits per heavy atom. The Bertz CT molecular complexity index is 1540. The summed E-state index contributed by atoms with van der Waals surface area (Å²) in [5.41, 5.74) is 2.61. The molecule has 0 atom stereocenters. The van der Waals surface area contributed by atoms with Crippen molar-refractivity contribution in [1.29, 1.82) is 5.41 Å². The molecular formula is C31H44ClN7O4S. The summed E-state index contributed by atoms with van der Waals surface area (Å²) in [5.74, 6) is 1.57. The Morgan fingerprint density at radius 3 is 2.41 bits per heavy atom. The highest BCUT2D eigenvalue weighted by Gasteiger charge is 2.32. The van der Waals surface area contributed by atoms with Crippen LogP contribution in [0.15, 0.2) is 30.2 Å². The summed E-state index contributed by atoms with van der Waals surface area (Å²) in [5, 5.41) is 16.1. The molecule has 1 aliphatic carbocycles. The van der Waals surface area contributed by atoms with Gasteiger partial charge in [-0.2, -0.15) is 4.98 Å². The second-order valence-electron chi connectivity index (χ2n) is 12.7. The molecule has 44 heavy (non-hydrogen) atoms. The Kier molecular flexibility index (Phi) is 10.1. The van der Waals surface area contributed by atoms with Crippen molar-refractivity contribution < 1.29 is 17.9 Å². The number of ether oxygens (including phenoxy) is 1. The summed E-state index contributed by atoms with van der Waals surface area (Å²) in [6, 6.07) is 4.13. The summed E-state index contributed by atoms with van der Waals surface area (Å²) in [6.07, 6.45) is 6.70. The van der Waals surface area contributed by atoms with Gasteiger partial charge in [0, 0.05) is 31.8 Å². The number of halogens is 1. The van der Waals surface area contributed by atoms with Gasteiger partial charge in [0.2, 0.25) is 11.9 Å². The molecule has 2 aliphatic rings. The van der Waals surface area contributed by atoms with Gasteiger partial charge in [0.1, 0.15) is 10.8 Å². The highest BCUT2D eigenvalue weighted by Crippen LogP contribution is 2.40. The first-order valence-electron chi connectivity index (χ1n) is 15.0. The number of anilines is 3. The van der Waals surface area contributed by atoms with E-state index in [-0.39, 0.29) is 34.5 Å². The molecule has 4 N–H and O–H groups in total. The molecule has 0 spiro atoms. The van der Waals surface area contributed by atoms with E-state index in [1.54, 1.807) is 7.05 Å². The van der Waals surface area contributed by atoms with Crippen LogP contribution in [0.3, 0.4) is 0 Å². The number of aryl methyl sites for hydroxylation is 1. The molecule has 1 saturated carbocycles. The Morgan fingerprint density at radius 2 is 1.84 bits per heavy atom. The fourth-order valence-corrected chi connectivity index (χ4v) is 6.05. The maximum Gasteiger partial charge on any atom is 0.229 e. The maximum absolute atomic E-state index is 12.8. The second-order valence-corrected chi connectivity index (χ2v) is 15.6. The molecule has 11 nitrogen and oxygen atoms in total. The summed E-state index contributed by atoms with van der Waals surface area (Å²) in [6.45, 7) is 12.5. The molecule has 2 heterocycles. The van der Waals surface area contributed by atoms with Crippen LogP contribution in [0.2, 0.25) is 5.02 Å². The first kappa shape index (κ1) is 33.5. The normalized spacial score (nSPS) is 16.6. The molecule has 2 fully saturated rings. The highest BCUT2D eigenvalue weighted by molar-refractivity contribution is 8.07. The van der Waals surface area contributed by atoms with E-state index in [1.807, 2.05) is 31.7 Å². The third-order valence-corrected chi connectivity index (χ3v) is 10.0. The molecular weight excluding hydrogens is 602 g/mol. The predicted molar refractivity (Wildman–Crippen MR) is 176 cm³/mol. The van der Waals surface area contributed by atoms with E-state index in [2.05, 4.69) is 38.9 Å². The number of piperidine rings is 1. The summed E-state index contributed by atoms with van der Waals surface area (Å²) >= 11 is 6.39. The molecule has 0 bridgehead atoms. The number of nitrogens with zero attached hydrogens (tertiary/aromatic N) is 3. The zero-order chi connectivity index (χ0) is 32.4. The molecule has 0 unspecified atom stereocenters. The third-order valence-electron chi connectivity index (χ3n) is 7.73. The van der Waals surface area contributed by atoms with Crippen LogP contribution < -0.4 is 20.7 Å². The van der Waals surface area contributed by atoms with Crippen molar-refractivity contribution >= 4 is 49.8 Å². The van der Waals surface area contributed by atoms with Crippen molar-refractivity contribution in [3.63, 3.8) is 0 Å². The van der Waals surface area contributed by atoms with Gasteiger partial charge in [-0.05, 0) is 75.6 Å². The maximum atomic E-state index is 12.8. The molecule has 4 rings (SSSR count). The van der Waals surface area contributed by atoms with E-state index in [1.165, 1.54) is 31.8 Å². The fraction of sp³-hybridized carbons (Fsp3) is 0.548. The standard InChI is InChI=1S/C31H44ClN7O4S/c1-18(2)44(41,42)27(33)25(17-34-7)36-28-23(32)16-35-30(38-28)37-24-14-19(3)22(15-26(24)43-21-8-9-21)20-10-12-39(13-11-20)29(40)31(4,5)6/h14-18,20-21,33-34H,8-13H2,1-7H3,(H2,35,36,37,38)/b25-17+,33-27?. The van der Waals surface area contributed by atoms with Gasteiger partial charge in [0.15, 0.2) is 20.7 Å². The highest BCUT2D eigenvalue weighted by atomic mass is 35.5. The fourth-order valence-electron chi connectivity index (χ4n) is 5.03. The number of hydrogen-bond donors (Lipinski definition) is 4. The number of sulfone groups is 1. The number of benzene rings is 1. The molecule has 1 aromatic carbocycles. The van der Waals surface area contributed by atoms with Crippen LogP contribution in [-0.4, -0.2) is 65.7 Å². The molecule has 13 heteroatoms. The molecule has 1 saturated heterocycles. The lowest BCUT2D eigenvalue weighted by molar-refractivity contribution is -0.140. The first-order chi connectivity index (χ1) is 20.6. The molecule has 0 radical (unpaired) electrons. The van der Waals surface area contributed by atoms with E-state index in [4.69, 9.17) is 21.7 Å². The van der Waals surface area contributed by atoms with E-state index >= 15 is 0 Å². The summed E-state index contributed by atoms with van der Waals surface area (Å²) in [7, 11) is -2.25. The zero-order valence-electron chi connectivity index (χ0n) is 26.5. The number of aromatic nitrogens is 2. The van der Waals surface area contributed by atoms with Crippen LogP contribution in [0.1, 0.15) is 77.3 Å². The lowest BCUT2D eigenvalue weighted by atomic mass is 9.85. The number of amides is 1. The number of hydrogen-bond acceptors (Lipinski definition) is 10. The topological polar surface area (TPSA) is 149 Å². The summed E-state index contributed by atoms with van der Waals surface area (Å²) < 4.78 is 31.7. The van der Waals surface area contributed by atoms with E-state index in [0.717, 1.165) is 44.3 Å². The van der Waals surface area contributed by atoms with Crippen molar-refractivity contribution in [2.75, 3.05) is 30.8 Å². The number of likely N-dealkylation sites (tertiary alicyclic amines) is 1. The van der Waals surface area contributed by atoms with Gasteiger partial charge in [0.05, 0.1) is 28.9 Å². The number of nitrogens with one attached hydrogen (secondary N) is 4. The largest absolute Gasteiger partial charge is 0.488 e. The quantitative estimate of drug-likeness (QED) is 0.187. The average molecular weight is 646 g/mol. The van der Waals surface area contributed by atoms with Gasteiger partial charge in [0.25, 0.3) is 0 Å². The van der Waals surface area contributed by atoms with Crippen LogP contribution >= 0.6 is 11.6 Å². The first-order valence-corrected chi connectivity index (χ1v) is 16.9. The lowest BCUT2D eigenvalue weighted by Crippen LogP contribution is -2.43. The van der Waals surface area contributed by atoms with Crippen LogP contribution in [-0.2, 0) is 14.6 Å². The smallest absolute Gasteiger partial charge is 0.229 e. The van der Waals surface area contributed by atoms with Crippen molar-refractivity contribution in [2.45, 2.75) is 84.5 Å². The number of carbonyl (C=O) groups excluding carboxylic acids is 1. The molecule has 240 valence electrons.